The van der Waals surface area contributed by atoms with Gasteiger partial charge in [-0.2, -0.15) is 0 Å². The molecule has 2 radical (unpaired) electrons. The first kappa shape index (κ1) is 13.8. The Hall–Kier alpha value is -1.65. The van der Waals surface area contributed by atoms with Gasteiger partial charge in [0.1, 0.15) is 5.82 Å². The van der Waals surface area contributed by atoms with Gasteiger partial charge >= 0.3 is 7.55 Å². The van der Waals surface area contributed by atoms with E-state index in [0.29, 0.717) is 0 Å². The molecule has 0 amide bonds. The van der Waals surface area contributed by atoms with E-state index in [1.807, 2.05) is 67.2 Å². The topological polar surface area (TPSA) is 32.3 Å². The van der Waals surface area contributed by atoms with E-state index in [1.54, 1.807) is 6.20 Å². The van der Waals surface area contributed by atoms with Gasteiger partial charge in [-0.15, -0.1) is 0 Å². The van der Waals surface area contributed by atoms with Crippen LogP contribution in [0.4, 0.5) is 5.82 Å². The molecule has 0 saturated carbocycles. The summed E-state index contributed by atoms with van der Waals surface area (Å²) in [6, 6.07) is 8.01. The Kier molecular flexibility index (Phi) is 4.35. The molecule has 0 atom stereocenters. The van der Waals surface area contributed by atoms with Crippen molar-refractivity contribution in [2.75, 3.05) is 11.9 Å². The van der Waals surface area contributed by atoms with Crippen molar-refractivity contribution >= 4 is 13.4 Å². The quantitative estimate of drug-likeness (QED) is 0.686. The van der Waals surface area contributed by atoms with Crippen molar-refractivity contribution in [2.45, 2.75) is 0 Å². The zero-order valence-electron chi connectivity index (χ0n) is 10.4. The third-order valence-electron chi connectivity index (χ3n) is 2.78. The maximum Gasteiger partial charge on any atom is 0.396 e. The van der Waals surface area contributed by atoms with Crippen LogP contribution in [0.2, 0.25) is 0 Å². The Balaban J connectivity index is 0.00000133. The largest absolute Gasteiger partial charge is 0.406 e. The number of nitrogens with zero attached hydrogens (tertiary/aromatic N) is 4. The van der Waals surface area contributed by atoms with Crippen molar-refractivity contribution in [3.05, 3.63) is 55.3 Å². The van der Waals surface area contributed by atoms with Crippen LogP contribution >= 0.6 is 0 Å². The van der Waals surface area contributed by atoms with Crippen molar-refractivity contribution < 1.29 is 20.1 Å². The van der Waals surface area contributed by atoms with Gasteiger partial charge in [0.05, 0.1) is 0 Å². The summed E-state index contributed by atoms with van der Waals surface area (Å²) >= 11 is 0. The first-order valence-electron chi connectivity index (χ1n) is 5.73. The normalized spacial score (nSPS) is 13.1. The van der Waals surface area contributed by atoms with Crippen molar-refractivity contribution in [1.29, 1.82) is 0 Å². The fourth-order valence-electron chi connectivity index (χ4n) is 1.83. The van der Waals surface area contributed by atoms with Crippen LogP contribution in [-0.2, 0) is 20.1 Å². The van der Waals surface area contributed by atoms with Crippen LogP contribution in [0.15, 0.2) is 55.3 Å². The monoisotopic (exact) mass is 428 g/mol. The van der Waals surface area contributed by atoms with Crippen LogP contribution < -0.4 is 4.81 Å². The fraction of sp³-hybridized carbons (Fsp3) is 0.0769. The Bertz CT molecular complexity index is 559. The minimum atomic E-state index is 0. The molecule has 0 aliphatic carbocycles. The molecule has 0 bridgehead atoms. The minimum absolute atomic E-state index is 0. The van der Waals surface area contributed by atoms with Crippen molar-refractivity contribution in [2.24, 2.45) is 0 Å². The molecule has 0 spiro atoms. The predicted molar refractivity (Wildman–Crippen MR) is 72.6 cm³/mol. The summed E-state index contributed by atoms with van der Waals surface area (Å²) in [7, 11) is 3.96. The predicted octanol–water partition coefficient (Wildman–Crippen LogP) is 1.90. The van der Waals surface area contributed by atoms with Crippen LogP contribution in [0.3, 0.4) is 0 Å². The number of rotatable bonds is 2. The number of pyridine rings is 2. The molecular weight excluding hydrogens is 415 g/mol. The Morgan fingerprint density at radius 3 is 2.47 bits per heavy atom. The fourth-order valence-corrected chi connectivity index (χ4v) is 1.83. The Morgan fingerprint density at radius 1 is 1.05 bits per heavy atom. The minimum Gasteiger partial charge on any atom is -0.406 e. The number of hydrogen-bond donors (Lipinski definition) is 0. The van der Waals surface area contributed by atoms with E-state index in [9.17, 15) is 0 Å². The molecule has 0 fully saturated rings. The second-order valence-corrected chi connectivity index (χ2v) is 4.13. The van der Waals surface area contributed by atoms with Crippen molar-refractivity contribution in [3.8, 4) is 11.1 Å². The molecule has 2 aromatic heterocycles. The summed E-state index contributed by atoms with van der Waals surface area (Å²) in [4.78, 5) is 12.5. The molecule has 0 unspecified atom stereocenters. The molecule has 96 valence electrons. The first-order valence-corrected chi connectivity index (χ1v) is 5.73. The first-order chi connectivity index (χ1) is 8.83. The summed E-state index contributed by atoms with van der Waals surface area (Å²) in [5.74, 6) is 0.906. The average molecular weight is 427 g/mol. The van der Waals surface area contributed by atoms with Gasteiger partial charge in [0.2, 0.25) is 0 Å². The molecule has 3 heterocycles. The summed E-state index contributed by atoms with van der Waals surface area (Å²) in [5, 5.41) is 0. The van der Waals surface area contributed by atoms with Crippen LogP contribution in [0.5, 0.6) is 0 Å². The molecule has 6 heteroatoms. The average Bonchev–Trinajstić information content (AvgIpc) is 2.87. The Morgan fingerprint density at radius 2 is 1.89 bits per heavy atom. The molecule has 4 nitrogen and oxygen atoms in total. The summed E-state index contributed by atoms with van der Waals surface area (Å²) < 4.78 is 0. The van der Waals surface area contributed by atoms with E-state index in [4.69, 9.17) is 0 Å². The molecule has 1 aliphatic heterocycles. The van der Waals surface area contributed by atoms with Gasteiger partial charge in [0.25, 0.3) is 0 Å². The summed E-state index contributed by atoms with van der Waals surface area (Å²) in [6.07, 6.45) is 9.44. The van der Waals surface area contributed by atoms with Crippen LogP contribution in [0, 0.1) is 0 Å². The van der Waals surface area contributed by atoms with E-state index >= 15 is 0 Å². The van der Waals surface area contributed by atoms with E-state index in [-0.39, 0.29) is 20.1 Å². The molecular formula is C13H12BIrN4. The van der Waals surface area contributed by atoms with Gasteiger partial charge in [-0.25, -0.2) is 4.98 Å². The number of anilines is 1. The van der Waals surface area contributed by atoms with Gasteiger partial charge in [0, 0.05) is 62.2 Å². The zero-order valence-corrected chi connectivity index (χ0v) is 12.8. The molecule has 0 aromatic carbocycles. The maximum absolute atomic E-state index is 4.46. The SMILES string of the molecule is CN1[B]N(c2ccc(-c3cccnc3)cn2)C=C1.[Ir]. The van der Waals surface area contributed by atoms with E-state index in [1.165, 1.54) is 0 Å². The second-order valence-electron chi connectivity index (χ2n) is 4.13. The van der Waals surface area contributed by atoms with E-state index in [2.05, 4.69) is 16.0 Å². The molecule has 2 aromatic rings. The van der Waals surface area contributed by atoms with Gasteiger partial charge in [-0.3, -0.25) is 4.98 Å². The van der Waals surface area contributed by atoms with Gasteiger partial charge in [0.15, 0.2) is 0 Å². The van der Waals surface area contributed by atoms with Gasteiger partial charge in [-0.1, -0.05) is 6.07 Å². The molecule has 0 saturated heterocycles. The Labute approximate surface area is 126 Å². The van der Waals surface area contributed by atoms with Crippen molar-refractivity contribution in [3.63, 3.8) is 0 Å². The van der Waals surface area contributed by atoms with Crippen LogP contribution in [0.1, 0.15) is 0 Å². The van der Waals surface area contributed by atoms with E-state index in [0.717, 1.165) is 16.9 Å². The van der Waals surface area contributed by atoms with Gasteiger partial charge < -0.3 is 9.62 Å². The zero-order chi connectivity index (χ0) is 12.4. The molecule has 3 rings (SSSR count). The summed E-state index contributed by atoms with van der Waals surface area (Å²) in [5.41, 5.74) is 2.15. The number of aromatic nitrogens is 2. The maximum atomic E-state index is 4.46. The van der Waals surface area contributed by atoms with Crippen LogP contribution in [-0.4, -0.2) is 29.4 Å². The number of hydrogen-bond acceptors (Lipinski definition) is 4. The third kappa shape index (κ3) is 3.03. The molecule has 19 heavy (non-hydrogen) atoms. The smallest absolute Gasteiger partial charge is 0.396 e. The third-order valence-corrected chi connectivity index (χ3v) is 2.78. The van der Waals surface area contributed by atoms with Crippen LogP contribution in [0.25, 0.3) is 11.1 Å². The van der Waals surface area contributed by atoms with E-state index < -0.39 is 0 Å². The molecule has 1 aliphatic rings. The summed E-state index contributed by atoms with van der Waals surface area (Å²) in [6.45, 7) is 0. The van der Waals surface area contributed by atoms with Crippen molar-refractivity contribution in [1.82, 2.24) is 14.8 Å². The molecule has 0 N–H and O–H groups in total. The standard InChI is InChI=1S/C13H12BN4.Ir/c1-17-7-8-18(14-17)13-5-4-12(10-16-13)11-3-2-6-15-9-11;/h2-10H,1H3;. The van der Waals surface area contributed by atoms with Gasteiger partial charge in [-0.05, 0) is 25.2 Å². The second kappa shape index (κ2) is 6.00.